The van der Waals surface area contributed by atoms with Gasteiger partial charge in [0.2, 0.25) is 0 Å². The Bertz CT molecular complexity index is 518. The fourth-order valence-electron chi connectivity index (χ4n) is 1.53. The predicted octanol–water partition coefficient (Wildman–Crippen LogP) is 2.04. The van der Waals surface area contributed by atoms with Gasteiger partial charge in [0.25, 0.3) is 0 Å². The van der Waals surface area contributed by atoms with E-state index in [1.165, 1.54) is 11.3 Å². The van der Waals surface area contributed by atoms with Crippen molar-refractivity contribution in [2.75, 3.05) is 0 Å². The summed E-state index contributed by atoms with van der Waals surface area (Å²) in [4.78, 5) is 19.0. The third-order valence-corrected chi connectivity index (χ3v) is 3.33. The largest absolute Gasteiger partial charge is 0.481 e. The number of hydrogen-bond acceptors (Lipinski definition) is 4. The molecule has 1 N–H and O–H groups in total. The Balaban J connectivity index is 2.15. The van der Waals surface area contributed by atoms with Gasteiger partial charge in [0.15, 0.2) is 0 Å². The molecule has 0 saturated heterocycles. The SMILES string of the molecule is CCn1cncc1-c1nc(CCC(=O)O)cs1. The van der Waals surface area contributed by atoms with Crippen molar-refractivity contribution in [3.63, 3.8) is 0 Å². The molecule has 0 aliphatic carbocycles. The zero-order valence-corrected chi connectivity index (χ0v) is 10.3. The third kappa shape index (κ3) is 2.71. The standard InChI is InChI=1S/C11H13N3O2S/c1-2-14-7-12-5-9(14)11-13-8(6-17-11)3-4-10(15)16/h5-7H,2-4H2,1H3,(H,15,16). The summed E-state index contributed by atoms with van der Waals surface area (Å²) in [6.45, 7) is 2.89. The van der Waals surface area contributed by atoms with Crippen LogP contribution in [0, 0.1) is 0 Å². The average molecular weight is 251 g/mol. The van der Waals surface area contributed by atoms with Crippen molar-refractivity contribution in [1.29, 1.82) is 0 Å². The van der Waals surface area contributed by atoms with Crippen LogP contribution in [0.3, 0.4) is 0 Å². The molecule has 0 saturated carbocycles. The lowest BCUT2D eigenvalue weighted by molar-refractivity contribution is -0.136. The van der Waals surface area contributed by atoms with Crippen LogP contribution in [0.4, 0.5) is 0 Å². The van der Waals surface area contributed by atoms with Crippen LogP contribution in [-0.4, -0.2) is 25.6 Å². The van der Waals surface area contributed by atoms with Crippen LogP contribution in [0.25, 0.3) is 10.7 Å². The second kappa shape index (κ2) is 5.09. The zero-order valence-electron chi connectivity index (χ0n) is 9.46. The van der Waals surface area contributed by atoms with Gasteiger partial charge in [0.05, 0.1) is 30.3 Å². The molecule has 0 spiro atoms. The van der Waals surface area contributed by atoms with Crippen molar-refractivity contribution in [2.24, 2.45) is 0 Å². The van der Waals surface area contributed by atoms with Gasteiger partial charge in [-0.3, -0.25) is 4.79 Å². The molecule has 0 radical (unpaired) electrons. The van der Waals surface area contributed by atoms with Gasteiger partial charge in [-0.05, 0) is 6.92 Å². The number of aryl methyl sites for hydroxylation is 2. The maximum atomic E-state index is 10.5. The molecule has 0 amide bonds. The fourth-order valence-corrected chi connectivity index (χ4v) is 2.40. The van der Waals surface area contributed by atoms with Gasteiger partial charge in [-0.15, -0.1) is 11.3 Å². The van der Waals surface area contributed by atoms with Crippen LogP contribution in [-0.2, 0) is 17.8 Å². The van der Waals surface area contributed by atoms with E-state index in [9.17, 15) is 4.79 Å². The molecule has 2 aromatic heterocycles. The first-order chi connectivity index (χ1) is 8.20. The topological polar surface area (TPSA) is 68.0 Å². The molecule has 0 aromatic carbocycles. The first-order valence-corrected chi connectivity index (χ1v) is 6.25. The molecular formula is C11H13N3O2S. The van der Waals surface area contributed by atoms with Crippen LogP contribution in [0.15, 0.2) is 17.9 Å². The molecule has 2 heterocycles. The van der Waals surface area contributed by atoms with Crippen LogP contribution in [0.2, 0.25) is 0 Å². The van der Waals surface area contributed by atoms with Gasteiger partial charge in [-0.2, -0.15) is 0 Å². The summed E-state index contributed by atoms with van der Waals surface area (Å²) in [6.07, 6.45) is 4.15. The highest BCUT2D eigenvalue weighted by Gasteiger charge is 2.09. The molecule has 2 aromatic rings. The number of imidazole rings is 1. The second-order valence-corrected chi connectivity index (χ2v) is 4.46. The van der Waals surface area contributed by atoms with Crippen molar-refractivity contribution in [3.8, 4) is 10.7 Å². The Hall–Kier alpha value is -1.69. The number of rotatable bonds is 5. The molecule has 0 fully saturated rings. The Morgan fingerprint density at radius 3 is 3.12 bits per heavy atom. The molecule has 2 rings (SSSR count). The van der Waals surface area contributed by atoms with Gasteiger partial charge >= 0.3 is 5.97 Å². The molecular weight excluding hydrogens is 238 g/mol. The lowest BCUT2D eigenvalue weighted by Crippen LogP contribution is -1.98. The smallest absolute Gasteiger partial charge is 0.303 e. The molecule has 5 nitrogen and oxygen atoms in total. The Morgan fingerprint density at radius 1 is 1.59 bits per heavy atom. The van der Waals surface area contributed by atoms with Crippen LogP contribution in [0.5, 0.6) is 0 Å². The fraction of sp³-hybridized carbons (Fsp3) is 0.364. The van der Waals surface area contributed by atoms with Gasteiger partial charge in [0, 0.05) is 18.3 Å². The molecule has 0 unspecified atom stereocenters. The number of hydrogen-bond donors (Lipinski definition) is 1. The number of thiazole rings is 1. The minimum absolute atomic E-state index is 0.121. The predicted molar refractivity (Wildman–Crippen MR) is 65.0 cm³/mol. The number of nitrogens with zero attached hydrogens (tertiary/aromatic N) is 3. The lowest BCUT2D eigenvalue weighted by Gasteiger charge is -2.00. The van der Waals surface area contributed by atoms with E-state index in [-0.39, 0.29) is 6.42 Å². The van der Waals surface area contributed by atoms with Crippen molar-refractivity contribution in [3.05, 3.63) is 23.6 Å². The lowest BCUT2D eigenvalue weighted by atomic mass is 10.2. The van der Waals surface area contributed by atoms with E-state index in [1.54, 1.807) is 12.5 Å². The van der Waals surface area contributed by atoms with Crippen LogP contribution >= 0.6 is 11.3 Å². The minimum atomic E-state index is -0.793. The van der Waals surface area contributed by atoms with Gasteiger partial charge < -0.3 is 9.67 Å². The number of carboxylic acid groups (broad SMARTS) is 1. The summed E-state index contributed by atoms with van der Waals surface area (Å²) in [6, 6.07) is 0. The Labute approximate surface area is 103 Å². The second-order valence-electron chi connectivity index (χ2n) is 3.60. The van der Waals surface area contributed by atoms with Gasteiger partial charge in [-0.25, -0.2) is 9.97 Å². The molecule has 17 heavy (non-hydrogen) atoms. The molecule has 0 atom stereocenters. The molecule has 0 aliphatic heterocycles. The van der Waals surface area contributed by atoms with Crippen molar-refractivity contribution in [1.82, 2.24) is 14.5 Å². The van der Waals surface area contributed by atoms with Crippen molar-refractivity contribution >= 4 is 17.3 Å². The minimum Gasteiger partial charge on any atom is -0.481 e. The Morgan fingerprint density at radius 2 is 2.41 bits per heavy atom. The number of carboxylic acids is 1. The normalized spacial score (nSPS) is 10.6. The molecule has 90 valence electrons. The van der Waals surface area contributed by atoms with E-state index in [0.29, 0.717) is 6.42 Å². The summed E-state index contributed by atoms with van der Waals surface area (Å²) in [5, 5.41) is 11.4. The van der Waals surface area contributed by atoms with Crippen LogP contribution in [0.1, 0.15) is 19.0 Å². The molecule has 6 heteroatoms. The average Bonchev–Trinajstić information content (AvgIpc) is 2.94. The number of carbonyl (C=O) groups is 1. The maximum absolute atomic E-state index is 10.5. The maximum Gasteiger partial charge on any atom is 0.303 e. The van der Waals surface area contributed by atoms with E-state index < -0.39 is 5.97 Å². The zero-order chi connectivity index (χ0) is 12.3. The highest BCUT2D eigenvalue weighted by molar-refractivity contribution is 7.13. The van der Waals surface area contributed by atoms with E-state index in [0.717, 1.165) is 22.9 Å². The van der Waals surface area contributed by atoms with Crippen molar-refractivity contribution < 1.29 is 9.90 Å². The van der Waals surface area contributed by atoms with E-state index in [2.05, 4.69) is 9.97 Å². The first-order valence-electron chi connectivity index (χ1n) is 5.37. The summed E-state index contributed by atoms with van der Waals surface area (Å²) in [5.74, 6) is -0.793. The van der Waals surface area contributed by atoms with Crippen LogP contribution < -0.4 is 0 Å². The highest BCUT2D eigenvalue weighted by Crippen LogP contribution is 2.23. The van der Waals surface area contributed by atoms with E-state index >= 15 is 0 Å². The number of aliphatic carboxylic acids is 1. The molecule has 0 aliphatic rings. The Kier molecular flexibility index (Phi) is 3.53. The van der Waals surface area contributed by atoms with Gasteiger partial charge in [0.1, 0.15) is 5.01 Å². The quantitative estimate of drug-likeness (QED) is 0.883. The first kappa shape index (κ1) is 11.8. The summed E-state index contributed by atoms with van der Waals surface area (Å²) >= 11 is 1.52. The monoisotopic (exact) mass is 251 g/mol. The number of aromatic nitrogens is 3. The summed E-state index contributed by atoms with van der Waals surface area (Å²) < 4.78 is 2.01. The van der Waals surface area contributed by atoms with Gasteiger partial charge in [-0.1, -0.05) is 0 Å². The van der Waals surface area contributed by atoms with E-state index in [4.69, 9.17) is 5.11 Å². The highest BCUT2D eigenvalue weighted by atomic mass is 32.1. The third-order valence-electron chi connectivity index (χ3n) is 2.42. The summed E-state index contributed by atoms with van der Waals surface area (Å²) in [7, 11) is 0. The summed E-state index contributed by atoms with van der Waals surface area (Å²) in [5.41, 5.74) is 1.82. The van der Waals surface area contributed by atoms with E-state index in [1.807, 2.05) is 16.9 Å². The van der Waals surface area contributed by atoms with Crippen molar-refractivity contribution in [2.45, 2.75) is 26.3 Å². The molecule has 0 bridgehead atoms.